The number of rotatable bonds is 7. The molecule has 0 aromatic rings. The molecule has 1 rings (SSSR count). The summed E-state index contributed by atoms with van der Waals surface area (Å²) in [4.78, 5) is 0. The van der Waals surface area contributed by atoms with Crippen LogP contribution in [0.3, 0.4) is 0 Å². The summed E-state index contributed by atoms with van der Waals surface area (Å²) in [7, 11) is 0. The molecule has 1 fully saturated rings. The van der Waals surface area contributed by atoms with Crippen molar-refractivity contribution in [1.82, 2.24) is 5.32 Å². The Labute approximate surface area is 106 Å². The quantitative estimate of drug-likeness (QED) is 0.639. The van der Waals surface area contributed by atoms with E-state index in [0.717, 1.165) is 19.5 Å². The summed E-state index contributed by atoms with van der Waals surface area (Å²) in [5.74, 6) is 1.10. The third kappa shape index (κ3) is 4.57. The third-order valence-corrected chi connectivity index (χ3v) is 4.49. The van der Waals surface area contributed by atoms with Crippen molar-refractivity contribution in [1.29, 1.82) is 0 Å². The van der Waals surface area contributed by atoms with Crippen LogP contribution >= 0.6 is 0 Å². The van der Waals surface area contributed by atoms with Crippen LogP contribution in [0, 0.1) is 17.3 Å². The van der Waals surface area contributed by atoms with Crippen molar-refractivity contribution in [3.05, 3.63) is 0 Å². The molecule has 0 amide bonds. The lowest BCUT2D eigenvalue weighted by atomic mass is 9.79. The van der Waals surface area contributed by atoms with Gasteiger partial charge in [0, 0.05) is 25.2 Å². The van der Waals surface area contributed by atoms with Crippen molar-refractivity contribution in [2.24, 2.45) is 17.3 Å². The first-order valence-electron chi connectivity index (χ1n) is 7.07. The lowest BCUT2D eigenvalue weighted by Gasteiger charge is -2.32. The van der Waals surface area contributed by atoms with Gasteiger partial charge in [0.05, 0.1) is 0 Å². The smallest absolute Gasteiger partial charge is 0.0496 e. The molecule has 3 atom stereocenters. The predicted octanol–water partition coefficient (Wildman–Crippen LogP) is 1.78. The number of aliphatic hydroxyl groups excluding tert-OH is 2. The Kier molecular flexibility index (Phi) is 6.45. The Morgan fingerprint density at radius 3 is 2.35 bits per heavy atom. The zero-order valence-electron chi connectivity index (χ0n) is 11.4. The second kappa shape index (κ2) is 7.34. The van der Waals surface area contributed by atoms with Crippen LogP contribution in [-0.4, -0.2) is 36.5 Å². The summed E-state index contributed by atoms with van der Waals surface area (Å²) in [5, 5.41) is 22.2. The SMILES string of the molecule is CCC(C)(CO)CNCC1CCCCC1CO. The molecular weight excluding hydrogens is 214 g/mol. The molecule has 3 heteroatoms. The molecule has 0 aromatic carbocycles. The van der Waals surface area contributed by atoms with Gasteiger partial charge in [-0.2, -0.15) is 0 Å². The maximum Gasteiger partial charge on any atom is 0.0496 e. The molecule has 1 saturated carbocycles. The van der Waals surface area contributed by atoms with Crippen molar-refractivity contribution in [2.45, 2.75) is 46.0 Å². The Morgan fingerprint density at radius 1 is 1.18 bits per heavy atom. The van der Waals surface area contributed by atoms with Crippen LogP contribution in [0.1, 0.15) is 46.0 Å². The van der Waals surface area contributed by atoms with Crippen molar-refractivity contribution >= 4 is 0 Å². The fourth-order valence-electron chi connectivity index (χ4n) is 2.65. The maximum absolute atomic E-state index is 9.35. The van der Waals surface area contributed by atoms with Gasteiger partial charge in [-0.05, 0) is 37.6 Å². The van der Waals surface area contributed by atoms with Crippen LogP contribution in [-0.2, 0) is 0 Å². The van der Waals surface area contributed by atoms with Gasteiger partial charge in [0.2, 0.25) is 0 Å². The van der Waals surface area contributed by atoms with Crippen LogP contribution in [0.4, 0.5) is 0 Å². The summed E-state index contributed by atoms with van der Waals surface area (Å²) in [6, 6.07) is 0. The lowest BCUT2D eigenvalue weighted by Crippen LogP contribution is -2.39. The highest BCUT2D eigenvalue weighted by Gasteiger charge is 2.25. The second-order valence-corrected chi connectivity index (χ2v) is 5.94. The molecular formula is C14H29NO2. The maximum atomic E-state index is 9.35. The second-order valence-electron chi connectivity index (χ2n) is 5.94. The topological polar surface area (TPSA) is 52.5 Å². The van der Waals surface area contributed by atoms with Gasteiger partial charge in [0.25, 0.3) is 0 Å². The van der Waals surface area contributed by atoms with E-state index >= 15 is 0 Å². The molecule has 1 aliphatic rings. The summed E-state index contributed by atoms with van der Waals surface area (Å²) < 4.78 is 0. The fourth-order valence-corrected chi connectivity index (χ4v) is 2.65. The molecule has 0 saturated heterocycles. The zero-order chi connectivity index (χ0) is 12.7. The van der Waals surface area contributed by atoms with E-state index in [2.05, 4.69) is 19.2 Å². The Balaban J connectivity index is 2.29. The van der Waals surface area contributed by atoms with Gasteiger partial charge in [0.15, 0.2) is 0 Å². The molecule has 0 aliphatic heterocycles. The number of aliphatic hydroxyl groups is 2. The van der Waals surface area contributed by atoms with E-state index in [9.17, 15) is 10.2 Å². The van der Waals surface area contributed by atoms with Crippen LogP contribution in [0.25, 0.3) is 0 Å². The van der Waals surface area contributed by atoms with Crippen LogP contribution < -0.4 is 5.32 Å². The van der Waals surface area contributed by atoms with Crippen molar-refractivity contribution in [3.63, 3.8) is 0 Å². The zero-order valence-corrected chi connectivity index (χ0v) is 11.4. The Bertz CT molecular complexity index is 204. The van der Waals surface area contributed by atoms with Gasteiger partial charge in [-0.25, -0.2) is 0 Å². The first kappa shape index (κ1) is 14.9. The Morgan fingerprint density at radius 2 is 1.82 bits per heavy atom. The Hall–Kier alpha value is -0.120. The van der Waals surface area contributed by atoms with Crippen molar-refractivity contribution in [2.75, 3.05) is 26.3 Å². The molecule has 0 spiro atoms. The van der Waals surface area contributed by atoms with Gasteiger partial charge in [-0.3, -0.25) is 0 Å². The van der Waals surface area contributed by atoms with E-state index in [1.807, 2.05) is 0 Å². The highest BCUT2D eigenvalue weighted by Crippen LogP contribution is 2.29. The monoisotopic (exact) mass is 243 g/mol. The minimum Gasteiger partial charge on any atom is -0.396 e. The van der Waals surface area contributed by atoms with Crippen molar-refractivity contribution in [3.8, 4) is 0 Å². The fraction of sp³-hybridized carbons (Fsp3) is 1.00. The average molecular weight is 243 g/mol. The highest BCUT2D eigenvalue weighted by molar-refractivity contribution is 4.79. The summed E-state index contributed by atoms with van der Waals surface area (Å²) in [5.41, 5.74) is 0.00335. The van der Waals surface area contributed by atoms with Gasteiger partial charge in [0.1, 0.15) is 0 Å². The minimum atomic E-state index is 0.00335. The van der Waals surface area contributed by atoms with E-state index in [0.29, 0.717) is 18.4 Å². The molecule has 3 N–H and O–H groups in total. The van der Waals surface area contributed by atoms with Crippen molar-refractivity contribution < 1.29 is 10.2 Å². The number of hydrogen-bond donors (Lipinski definition) is 3. The van der Waals surface area contributed by atoms with Gasteiger partial charge in [-0.1, -0.05) is 26.7 Å². The van der Waals surface area contributed by atoms with E-state index in [-0.39, 0.29) is 12.0 Å². The van der Waals surface area contributed by atoms with Crippen LogP contribution in [0.5, 0.6) is 0 Å². The van der Waals surface area contributed by atoms with E-state index < -0.39 is 0 Å². The van der Waals surface area contributed by atoms with Crippen LogP contribution in [0.15, 0.2) is 0 Å². The number of hydrogen-bond acceptors (Lipinski definition) is 3. The molecule has 17 heavy (non-hydrogen) atoms. The average Bonchev–Trinajstić information content (AvgIpc) is 2.39. The minimum absolute atomic E-state index is 0.00335. The van der Waals surface area contributed by atoms with Gasteiger partial charge < -0.3 is 15.5 Å². The lowest BCUT2D eigenvalue weighted by molar-refractivity contribution is 0.114. The molecule has 0 bridgehead atoms. The molecule has 0 aromatic heterocycles. The molecule has 1 aliphatic carbocycles. The largest absolute Gasteiger partial charge is 0.396 e. The first-order valence-corrected chi connectivity index (χ1v) is 7.07. The van der Waals surface area contributed by atoms with Gasteiger partial charge in [-0.15, -0.1) is 0 Å². The molecule has 0 radical (unpaired) electrons. The normalized spacial score (nSPS) is 28.9. The summed E-state index contributed by atoms with van der Waals surface area (Å²) >= 11 is 0. The van der Waals surface area contributed by atoms with E-state index in [4.69, 9.17) is 0 Å². The molecule has 3 nitrogen and oxygen atoms in total. The highest BCUT2D eigenvalue weighted by atomic mass is 16.3. The van der Waals surface area contributed by atoms with E-state index in [1.54, 1.807) is 0 Å². The standard InChI is InChI=1S/C14H29NO2/c1-3-14(2,11-17)10-15-8-12-6-4-5-7-13(12)9-16/h12-13,15-17H,3-11H2,1-2H3. The molecule has 0 heterocycles. The predicted molar refractivity (Wildman–Crippen MR) is 70.9 cm³/mol. The molecule has 3 unspecified atom stereocenters. The van der Waals surface area contributed by atoms with Crippen LogP contribution in [0.2, 0.25) is 0 Å². The summed E-state index contributed by atoms with van der Waals surface area (Å²) in [6.07, 6.45) is 5.97. The molecule has 102 valence electrons. The van der Waals surface area contributed by atoms with E-state index in [1.165, 1.54) is 25.7 Å². The summed E-state index contributed by atoms with van der Waals surface area (Å²) in [6.45, 7) is 6.66. The third-order valence-electron chi connectivity index (χ3n) is 4.49. The first-order chi connectivity index (χ1) is 8.15. The number of nitrogens with one attached hydrogen (secondary N) is 1. The van der Waals surface area contributed by atoms with Gasteiger partial charge >= 0.3 is 0 Å².